The molecule has 112 valence electrons. The number of nitrogens with zero attached hydrogens (tertiary/aromatic N) is 1. The van der Waals surface area contributed by atoms with Gasteiger partial charge in [-0.1, -0.05) is 50.8 Å². The Morgan fingerprint density at radius 2 is 1.90 bits per heavy atom. The van der Waals surface area contributed by atoms with Gasteiger partial charge in [0, 0.05) is 12.3 Å². The van der Waals surface area contributed by atoms with Gasteiger partial charge in [-0.25, -0.2) is 4.79 Å². The lowest BCUT2D eigenvalue weighted by molar-refractivity contribution is -0.136. The quantitative estimate of drug-likeness (QED) is 0.398. The summed E-state index contributed by atoms with van der Waals surface area (Å²) in [6, 6.07) is 9.70. The SMILES string of the molecule is CCCCCCCC1=CC(=O)OC1C=Nc1ccccc1. The van der Waals surface area contributed by atoms with Gasteiger partial charge in [-0.3, -0.25) is 4.99 Å². The number of hydrogen-bond donors (Lipinski definition) is 0. The van der Waals surface area contributed by atoms with E-state index in [1.54, 1.807) is 12.3 Å². The van der Waals surface area contributed by atoms with E-state index in [2.05, 4.69) is 11.9 Å². The van der Waals surface area contributed by atoms with Crippen molar-refractivity contribution in [3.05, 3.63) is 42.0 Å². The number of para-hydroxylation sites is 1. The van der Waals surface area contributed by atoms with Crippen LogP contribution in [0.1, 0.15) is 45.4 Å². The lowest BCUT2D eigenvalue weighted by Gasteiger charge is -2.09. The molecule has 1 aliphatic heterocycles. The second kappa shape index (κ2) is 8.40. The summed E-state index contributed by atoms with van der Waals surface area (Å²) < 4.78 is 5.29. The molecule has 0 bridgehead atoms. The number of ether oxygens (including phenoxy) is 1. The number of carbonyl (C=O) groups excluding carboxylic acids is 1. The third-order valence-corrected chi connectivity index (χ3v) is 3.60. The highest BCUT2D eigenvalue weighted by atomic mass is 16.5. The Balaban J connectivity index is 1.85. The van der Waals surface area contributed by atoms with Crippen molar-refractivity contribution in [2.24, 2.45) is 4.99 Å². The molecule has 1 aromatic rings. The zero-order chi connectivity index (χ0) is 14.9. The van der Waals surface area contributed by atoms with E-state index in [4.69, 9.17) is 4.74 Å². The van der Waals surface area contributed by atoms with Crippen molar-refractivity contribution in [3.8, 4) is 0 Å². The molecule has 0 amide bonds. The molecule has 0 saturated heterocycles. The normalized spacial score (nSPS) is 18.0. The number of benzene rings is 1. The van der Waals surface area contributed by atoms with E-state index in [0.717, 1.165) is 24.1 Å². The van der Waals surface area contributed by atoms with E-state index in [9.17, 15) is 4.79 Å². The smallest absolute Gasteiger partial charge is 0.331 e. The first kappa shape index (κ1) is 15.5. The number of esters is 1. The molecule has 1 heterocycles. The van der Waals surface area contributed by atoms with Gasteiger partial charge in [0.2, 0.25) is 0 Å². The number of aliphatic imine (C=N–C) groups is 1. The van der Waals surface area contributed by atoms with Crippen LogP contribution in [-0.2, 0) is 9.53 Å². The Morgan fingerprint density at radius 1 is 1.14 bits per heavy atom. The van der Waals surface area contributed by atoms with Crippen molar-refractivity contribution in [2.45, 2.75) is 51.6 Å². The molecular formula is C18H23NO2. The number of cyclic esters (lactones) is 1. The minimum absolute atomic E-state index is 0.247. The minimum atomic E-state index is -0.288. The second-order valence-corrected chi connectivity index (χ2v) is 5.35. The third-order valence-electron chi connectivity index (χ3n) is 3.60. The van der Waals surface area contributed by atoms with Crippen LogP contribution in [0.25, 0.3) is 0 Å². The number of carbonyl (C=O) groups is 1. The molecule has 1 atom stereocenters. The first-order chi connectivity index (χ1) is 10.3. The summed E-state index contributed by atoms with van der Waals surface area (Å²) in [6.45, 7) is 2.21. The van der Waals surface area contributed by atoms with Crippen LogP contribution >= 0.6 is 0 Å². The third kappa shape index (κ3) is 5.18. The van der Waals surface area contributed by atoms with Crippen LogP contribution in [0.3, 0.4) is 0 Å². The average molecular weight is 285 g/mol. The van der Waals surface area contributed by atoms with Crippen LogP contribution in [0.4, 0.5) is 5.69 Å². The molecule has 0 fully saturated rings. The van der Waals surface area contributed by atoms with Crippen molar-refractivity contribution < 1.29 is 9.53 Å². The summed E-state index contributed by atoms with van der Waals surface area (Å²) in [7, 11) is 0. The number of rotatable bonds is 8. The van der Waals surface area contributed by atoms with E-state index >= 15 is 0 Å². The van der Waals surface area contributed by atoms with Crippen molar-refractivity contribution in [3.63, 3.8) is 0 Å². The summed E-state index contributed by atoms with van der Waals surface area (Å²) in [4.78, 5) is 15.8. The van der Waals surface area contributed by atoms with Gasteiger partial charge >= 0.3 is 5.97 Å². The van der Waals surface area contributed by atoms with E-state index in [1.807, 2.05) is 30.3 Å². The van der Waals surface area contributed by atoms with Gasteiger partial charge in [-0.15, -0.1) is 0 Å². The molecule has 1 unspecified atom stereocenters. The van der Waals surface area contributed by atoms with Gasteiger partial charge in [0.1, 0.15) is 0 Å². The molecule has 3 heteroatoms. The highest BCUT2D eigenvalue weighted by molar-refractivity contribution is 5.90. The summed E-state index contributed by atoms with van der Waals surface area (Å²) in [5, 5.41) is 0. The zero-order valence-electron chi connectivity index (χ0n) is 12.6. The van der Waals surface area contributed by atoms with Gasteiger partial charge in [-0.05, 0) is 30.5 Å². The summed E-state index contributed by atoms with van der Waals surface area (Å²) in [5.74, 6) is -0.247. The highest BCUT2D eigenvalue weighted by Gasteiger charge is 2.23. The van der Waals surface area contributed by atoms with Crippen molar-refractivity contribution >= 4 is 17.9 Å². The van der Waals surface area contributed by atoms with E-state index in [1.165, 1.54) is 25.7 Å². The van der Waals surface area contributed by atoms with Gasteiger partial charge < -0.3 is 4.74 Å². The van der Waals surface area contributed by atoms with E-state index < -0.39 is 0 Å². The predicted octanol–water partition coefficient (Wildman–Crippen LogP) is 4.60. The highest BCUT2D eigenvalue weighted by Crippen LogP contribution is 2.22. The van der Waals surface area contributed by atoms with Crippen LogP contribution in [0, 0.1) is 0 Å². The molecule has 0 radical (unpaired) electrons. The summed E-state index contributed by atoms with van der Waals surface area (Å²) >= 11 is 0. The second-order valence-electron chi connectivity index (χ2n) is 5.35. The summed E-state index contributed by atoms with van der Waals surface area (Å²) in [5.41, 5.74) is 1.93. The molecular weight excluding hydrogens is 262 g/mol. The molecule has 0 saturated carbocycles. The maximum Gasteiger partial charge on any atom is 0.331 e. The molecule has 21 heavy (non-hydrogen) atoms. The molecule has 0 spiro atoms. The molecule has 3 nitrogen and oxygen atoms in total. The van der Waals surface area contributed by atoms with Crippen molar-refractivity contribution in [1.29, 1.82) is 0 Å². The summed E-state index contributed by atoms with van der Waals surface area (Å²) in [6.07, 6.45) is 10.1. The van der Waals surface area contributed by atoms with Crippen LogP contribution in [0.5, 0.6) is 0 Å². The first-order valence-corrected chi connectivity index (χ1v) is 7.80. The largest absolute Gasteiger partial charge is 0.449 e. The van der Waals surface area contributed by atoms with Crippen LogP contribution in [-0.4, -0.2) is 18.3 Å². The Morgan fingerprint density at radius 3 is 2.67 bits per heavy atom. The minimum Gasteiger partial charge on any atom is -0.449 e. The molecule has 0 N–H and O–H groups in total. The standard InChI is InChI=1S/C18H23NO2/c1-2-3-4-5-7-10-15-13-18(20)21-17(15)14-19-16-11-8-6-9-12-16/h6,8-9,11-14,17H,2-5,7,10H2,1H3. The van der Waals surface area contributed by atoms with Crippen molar-refractivity contribution in [2.75, 3.05) is 0 Å². The maximum absolute atomic E-state index is 11.5. The predicted molar refractivity (Wildman–Crippen MR) is 85.9 cm³/mol. The molecule has 0 aliphatic carbocycles. The van der Waals surface area contributed by atoms with E-state index in [-0.39, 0.29) is 12.1 Å². The van der Waals surface area contributed by atoms with Crippen LogP contribution in [0.15, 0.2) is 47.0 Å². The lowest BCUT2D eigenvalue weighted by Crippen LogP contribution is -2.13. The molecule has 1 aliphatic rings. The fourth-order valence-electron chi connectivity index (χ4n) is 2.41. The van der Waals surface area contributed by atoms with Gasteiger partial charge in [-0.2, -0.15) is 0 Å². The zero-order valence-corrected chi connectivity index (χ0v) is 12.6. The first-order valence-electron chi connectivity index (χ1n) is 7.80. The Hall–Kier alpha value is -1.90. The van der Waals surface area contributed by atoms with Gasteiger partial charge in [0.15, 0.2) is 6.10 Å². The average Bonchev–Trinajstić information content (AvgIpc) is 2.86. The topological polar surface area (TPSA) is 38.7 Å². The van der Waals surface area contributed by atoms with Gasteiger partial charge in [0.25, 0.3) is 0 Å². The molecule has 0 aromatic heterocycles. The van der Waals surface area contributed by atoms with E-state index in [0.29, 0.717) is 0 Å². The van der Waals surface area contributed by atoms with Crippen molar-refractivity contribution in [1.82, 2.24) is 0 Å². The molecule has 1 aromatic carbocycles. The van der Waals surface area contributed by atoms with Crippen LogP contribution < -0.4 is 0 Å². The fourth-order valence-corrected chi connectivity index (χ4v) is 2.41. The Bertz CT molecular complexity index is 505. The maximum atomic E-state index is 11.5. The monoisotopic (exact) mass is 285 g/mol. The van der Waals surface area contributed by atoms with Gasteiger partial charge in [0.05, 0.1) is 5.69 Å². The molecule has 2 rings (SSSR count). The lowest BCUT2D eigenvalue weighted by atomic mass is 10.0. The number of hydrogen-bond acceptors (Lipinski definition) is 3. The fraction of sp³-hybridized carbons (Fsp3) is 0.444. The Labute approximate surface area is 126 Å². The van der Waals surface area contributed by atoms with Crippen LogP contribution in [0.2, 0.25) is 0 Å². The Kier molecular flexibility index (Phi) is 6.20. The number of unbranched alkanes of at least 4 members (excludes halogenated alkanes) is 4.